The first-order valence-electron chi connectivity index (χ1n) is 9.83. The number of nitrogens with zero attached hydrogens (tertiary/aromatic N) is 1. The van der Waals surface area contributed by atoms with Crippen molar-refractivity contribution in [2.45, 2.75) is 43.7 Å². The Bertz CT molecular complexity index is 1130. The normalized spacial score (nSPS) is 24.9. The Morgan fingerprint density at radius 1 is 1.10 bits per heavy atom. The smallest absolute Gasteiger partial charge is 0.247 e. The summed E-state index contributed by atoms with van der Waals surface area (Å²) in [5.74, 6) is -1.40. The molecule has 1 N–H and O–H groups in total. The Balaban J connectivity index is 2.12. The van der Waals surface area contributed by atoms with Crippen molar-refractivity contribution in [1.82, 2.24) is 4.31 Å². The SMILES string of the molecule is CCOc1ccc(NC(C)=O)cc1S(=O)(=O)N(C1CCS(=O)(=O)C1)C1CCS(=O)(=O)C1. The van der Waals surface area contributed by atoms with Crippen LogP contribution in [0, 0.1) is 0 Å². The number of anilines is 1. The molecule has 0 saturated carbocycles. The van der Waals surface area contributed by atoms with Crippen LogP contribution in [0.15, 0.2) is 23.1 Å². The first-order valence-corrected chi connectivity index (χ1v) is 14.9. The predicted octanol–water partition coefficient (Wildman–Crippen LogP) is 0.409. The quantitative estimate of drug-likeness (QED) is 0.574. The molecule has 0 aliphatic carbocycles. The molecule has 2 heterocycles. The molecule has 3 rings (SSSR count). The maximum absolute atomic E-state index is 13.8. The number of ether oxygens (including phenoxy) is 1. The molecule has 0 aromatic heterocycles. The summed E-state index contributed by atoms with van der Waals surface area (Å²) < 4.78 is 82.5. The summed E-state index contributed by atoms with van der Waals surface area (Å²) in [5.41, 5.74) is 0.229. The van der Waals surface area contributed by atoms with Crippen LogP contribution in [0.1, 0.15) is 26.7 Å². The summed E-state index contributed by atoms with van der Waals surface area (Å²) in [6, 6.07) is 2.42. The molecule has 174 valence electrons. The minimum absolute atomic E-state index is 0.0447. The minimum atomic E-state index is -4.35. The van der Waals surface area contributed by atoms with Crippen LogP contribution in [0.5, 0.6) is 5.75 Å². The number of nitrogens with one attached hydrogen (secondary N) is 1. The molecular formula is C18H26N2O8S3. The van der Waals surface area contributed by atoms with Crippen molar-refractivity contribution in [3.05, 3.63) is 18.2 Å². The standard InChI is InChI=1S/C18H26N2O8S3/c1-3-28-17-5-4-14(19-13(2)21)10-18(17)31(26,27)20(15-6-8-29(22,23)11-15)16-7-9-30(24,25)12-16/h4-5,10,15-16H,3,6-9,11-12H2,1-2H3,(H,19,21). The third kappa shape index (κ3) is 5.38. The van der Waals surface area contributed by atoms with E-state index in [0.717, 1.165) is 4.31 Å². The van der Waals surface area contributed by atoms with Gasteiger partial charge in [0, 0.05) is 24.7 Å². The fourth-order valence-electron chi connectivity index (χ4n) is 4.02. The van der Waals surface area contributed by atoms with Crippen LogP contribution >= 0.6 is 0 Å². The highest BCUT2D eigenvalue weighted by atomic mass is 32.2. The van der Waals surface area contributed by atoms with Crippen molar-refractivity contribution < 1.29 is 34.8 Å². The summed E-state index contributed by atoms with van der Waals surface area (Å²) >= 11 is 0. The Labute approximate surface area is 182 Å². The van der Waals surface area contributed by atoms with Gasteiger partial charge < -0.3 is 10.1 Å². The number of amides is 1. The number of hydrogen-bond acceptors (Lipinski definition) is 8. The topological polar surface area (TPSA) is 144 Å². The maximum atomic E-state index is 13.8. The van der Waals surface area contributed by atoms with E-state index in [-0.39, 0.29) is 58.8 Å². The fraction of sp³-hybridized carbons (Fsp3) is 0.611. The van der Waals surface area contributed by atoms with Crippen LogP contribution in [0.3, 0.4) is 0 Å². The molecule has 1 amide bonds. The van der Waals surface area contributed by atoms with Crippen LogP contribution in [-0.2, 0) is 34.5 Å². The number of carbonyl (C=O) groups is 1. The number of carbonyl (C=O) groups excluding carboxylic acids is 1. The third-order valence-corrected chi connectivity index (χ3v) is 10.8. The van der Waals surface area contributed by atoms with E-state index in [4.69, 9.17) is 4.74 Å². The second-order valence-electron chi connectivity index (χ2n) is 7.72. The average Bonchev–Trinajstić information content (AvgIpc) is 3.17. The Morgan fingerprint density at radius 3 is 2.06 bits per heavy atom. The van der Waals surface area contributed by atoms with Crippen molar-refractivity contribution in [3.8, 4) is 5.75 Å². The Morgan fingerprint density at radius 2 is 1.65 bits per heavy atom. The highest BCUT2D eigenvalue weighted by Crippen LogP contribution is 2.36. The summed E-state index contributed by atoms with van der Waals surface area (Å²) in [6.45, 7) is 3.14. The van der Waals surface area contributed by atoms with Gasteiger partial charge in [0.2, 0.25) is 15.9 Å². The van der Waals surface area contributed by atoms with Gasteiger partial charge in [0.15, 0.2) is 19.7 Å². The highest BCUT2D eigenvalue weighted by molar-refractivity contribution is 7.92. The van der Waals surface area contributed by atoms with Crippen LogP contribution < -0.4 is 10.1 Å². The van der Waals surface area contributed by atoms with E-state index in [9.17, 15) is 30.0 Å². The Kier molecular flexibility index (Phi) is 6.71. The molecule has 0 spiro atoms. The van der Waals surface area contributed by atoms with Gasteiger partial charge in [0.25, 0.3) is 0 Å². The van der Waals surface area contributed by atoms with E-state index in [2.05, 4.69) is 5.32 Å². The molecule has 0 bridgehead atoms. The van der Waals surface area contributed by atoms with Crippen LogP contribution in [-0.4, -0.2) is 77.2 Å². The molecule has 1 aromatic rings. The summed E-state index contributed by atoms with van der Waals surface area (Å²) in [6.07, 6.45) is 0.181. The highest BCUT2D eigenvalue weighted by Gasteiger charge is 2.46. The number of benzene rings is 1. The monoisotopic (exact) mass is 494 g/mol. The third-order valence-electron chi connectivity index (χ3n) is 5.26. The Hall–Kier alpha value is -1.70. The first kappa shape index (κ1) is 24.0. The van der Waals surface area contributed by atoms with E-state index in [1.807, 2.05) is 0 Å². The molecular weight excluding hydrogens is 468 g/mol. The number of rotatable bonds is 7. The maximum Gasteiger partial charge on any atom is 0.247 e. The lowest BCUT2D eigenvalue weighted by atomic mass is 10.2. The van der Waals surface area contributed by atoms with Crippen molar-refractivity contribution in [3.63, 3.8) is 0 Å². The molecule has 13 heteroatoms. The van der Waals surface area contributed by atoms with Gasteiger partial charge in [-0.3, -0.25) is 4.79 Å². The van der Waals surface area contributed by atoms with Crippen molar-refractivity contribution in [2.75, 3.05) is 34.9 Å². The molecule has 2 aliphatic rings. The van der Waals surface area contributed by atoms with Crippen molar-refractivity contribution in [2.24, 2.45) is 0 Å². The molecule has 31 heavy (non-hydrogen) atoms. The molecule has 10 nitrogen and oxygen atoms in total. The summed E-state index contributed by atoms with van der Waals surface area (Å²) in [4.78, 5) is 11.2. The summed E-state index contributed by atoms with van der Waals surface area (Å²) in [5, 5.41) is 2.52. The lowest BCUT2D eigenvalue weighted by Crippen LogP contribution is -2.48. The molecule has 2 atom stereocenters. The second kappa shape index (κ2) is 8.68. The predicted molar refractivity (Wildman–Crippen MR) is 115 cm³/mol. The van der Waals surface area contributed by atoms with Crippen LogP contribution in [0.25, 0.3) is 0 Å². The van der Waals surface area contributed by atoms with Gasteiger partial charge in [0.1, 0.15) is 10.6 Å². The number of sulfonamides is 1. The average molecular weight is 495 g/mol. The van der Waals surface area contributed by atoms with Gasteiger partial charge in [-0.2, -0.15) is 4.31 Å². The summed E-state index contributed by atoms with van der Waals surface area (Å²) in [7, 11) is -11.2. The van der Waals surface area contributed by atoms with E-state index in [1.54, 1.807) is 6.92 Å². The van der Waals surface area contributed by atoms with Crippen molar-refractivity contribution in [1.29, 1.82) is 0 Å². The van der Waals surface area contributed by atoms with E-state index >= 15 is 0 Å². The molecule has 2 saturated heterocycles. The van der Waals surface area contributed by atoms with E-state index in [0.29, 0.717) is 0 Å². The largest absolute Gasteiger partial charge is 0.492 e. The minimum Gasteiger partial charge on any atom is -0.492 e. The van der Waals surface area contributed by atoms with Gasteiger partial charge in [-0.1, -0.05) is 0 Å². The van der Waals surface area contributed by atoms with Crippen molar-refractivity contribution >= 4 is 41.3 Å². The zero-order valence-corrected chi connectivity index (χ0v) is 19.7. The number of sulfone groups is 2. The molecule has 0 radical (unpaired) electrons. The van der Waals surface area contributed by atoms with E-state index in [1.165, 1.54) is 25.1 Å². The van der Waals surface area contributed by atoms with Gasteiger partial charge in [-0.25, -0.2) is 25.3 Å². The lowest BCUT2D eigenvalue weighted by Gasteiger charge is -2.32. The molecule has 1 aromatic carbocycles. The van der Waals surface area contributed by atoms with Crippen LogP contribution in [0.4, 0.5) is 5.69 Å². The van der Waals surface area contributed by atoms with Gasteiger partial charge in [-0.05, 0) is 38.0 Å². The molecule has 2 aliphatic heterocycles. The molecule has 2 fully saturated rings. The fourth-order valence-corrected chi connectivity index (χ4v) is 9.66. The van der Waals surface area contributed by atoms with Gasteiger partial charge in [-0.15, -0.1) is 0 Å². The second-order valence-corrected chi connectivity index (χ2v) is 14.0. The lowest BCUT2D eigenvalue weighted by molar-refractivity contribution is -0.114. The van der Waals surface area contributed by atoms with E-state index < -0.39 is 47.7 Å². The number of hydrogen-bond donors (Lipinski definition) is 1. The van der Waals surface area contributed by atoms with Gasteiger partial charge in [0.05, 0.1) is 29.6 Å². The zero-order valence-electron chi connectivity index (χ0n) is 17.3. The first-order chi connectivity index (χ1) is 14.3. The van der Waals surface area contributed by atoms with Crippen LogP contribution in [0.2, 0.25) is 0 Å². The molecule has 2 unspecified atom stereocenters. The van der Waals surface area contributed by atoms with Gasteiger partial charge >= 0.3 is 0 Å². The zero-order chi connectivity index (χ0) is 23.0.